The van der Waals surface area contributed by atoms with Gasteiger partial charge in [-0.25, -0.2) is 9.18 Å². The lowest BCUT2D eigenvalue weighted by Crippen LogP contribution is -2.39. The van der Waals surface area contributed by atoms with E-state index in [0.29, 0.717) is 23.2 Å². The van der Waals surface area contributed by atoms with E-state index in [-0.39, 0.29) is 25.4 Å². The molecule has 0 spiro atoms. The molecule has 6 nitrogen and oxygen atoms in total. The normalized spacial score (nSPS) is 11.6. The largest absolute Gasteiger partial charge is 0.450 e. The second kappa shape index (κ2) is 9.98. The number of benzene rings is 1. The minimum absolute atomic E-state index is 0.174. The minimum atomic E-state index is -0.946. The molecule has 1 atom stereocenters. The van der Waals surface area contributed by atoms with Gasteiger partial charge >= 0.3 is 6.09 Å². The van der Waals surface area contributed by atoms with Gasteiger partial charge in [0.05, 0.1) is 6.61 Å². The van der Waals surface area contributed by atoms with Crippen molar-refractivity contribution >= 4 is 34.5 Å². The zero-order valence-corrected chi connectivity index (χ0v) is 15.2. The van der Waals surface area contributed by atoms with Crippen LogP contribution in [0.3, 0.4) is 0 Å². The second-order valence-corrected chi connectivity index (χ2v) is 5.97. The molecule has 25 heavy (non-hydrogen) atoms. The highest BCUT2D eigenvalue weighted by Gasteiger charge is 2.20. The minimum Gasteiger partial charge on any atom is -0.450 e. The number of carbonyl (C=O) groups is 3. The first kappa shape index (κ1) is 20.9. The Balaban J connectivity index is 2.81. The molecule has 1 aromatic rings. The summed E-state index contributed by atoms with van der Waals surface area (Å²) in [6.07, 6.45) is 0.387. The summed E-state index contributed by atoms with van der Waals surface area (Å²) in [5.74, 6) is -0.784. The van der Waals surface area contributed by atoms with Crippen molar-refractivity contribution in [2.75, 3.05) is 11.9 Å². The lowest BCUT2D eigenvalue weighted by Gasteiger charge is -2.16. The molecule has 0 saturated heterocycles. The monoisotopic (exact) mass is 372 g/mol. The van der Waals surface area contributed by atoms with Crippen LogP contribution in [0.5, 0.6) is 0 Å². The molecular weight excluding hydrogens is 351 g/mol. The molecule has 0 radical (unpaired) electrons. The van der Waals surface area contributed by atoms with Gasteiger partial charge in [0.25, 0.3) is 0 Å². The van der Waals surface area contributed by atoms with Crippen molar-refractivity contribution in [3.63, 3.8) is 0 Å². The van der Waals surface area contributed by atoms with E-state index in [2.05, 4.69) is 10.6 Å². The maximum Gasteiger partial charge on any atom is 0.407 e. The highest BCUT2D eigenvalue weighted by molar-refractivity contribution is 6.64. The highest BCUT2D eigenvalue weighted by Crippen LogP contribution is 2.21. The highest BCUT2D eigenvalue weighted by atomic mass is 35.5. The van der Waals surface area contributed by atoms with Crippen molar-refractivity contribution in [1.82, 2.24) is 5.32 Å². The Morgan fingerprint density at radius 2 is 2.00 bits per heavy atom. The SMILES string of the molecule is CCCOC(=O)N[C@@H](CCc1cc(NC(C)=O)cc(F)c1C)C(=O)Cl. The average molecular weight is 373 g/mol. The summed E-state index contributed by atoms with van der Waals surface area (Å²) in [6.45, 7) is 5.00. The van der Waals surface area contributed by atoms with Gasteiger partial charge in [0.1, 0.15) is 11.9 Å². The van der Waals surface area contributed by atoms with E-state index in [1.54, 1.807) is 13.0 Å². The molecule has 2 amide bonds. The quantitative estimate of drug-likeness (QED) is 0.686. The Morgan fingerprint density at radius 3 is 2.56 bits per heavy atom. The number of rotatable bonds is 8. The second-order valence-electron chi connectivity index (χ2n) is 5.60. The number of alkyl carbamates (subject to hydrolysis) is 1. The summed E-state index contributed by atoms with van der Waals surface area (Å²) in [6, 6.07) is 1.91. The van der Waals surface area contributed by atoms with Crippen LogP contribution < -0.4 is 10.6 Å². The lowest BCUT2D eigenvalue weighted by atomic mass is 10.00. The number of ether oxygens (including phenoxy) is 1. The third kappa shape index (κ3) is 7.09. The van der Waals surface area contributed by atoms with Crippen LogP contribution in [-0.2, 0) is 20.7 Å². The number of carbonyl (C=O) groups excluding carboxylic acids is 3. The molecule has 0 aliphatic rings. The van der Waals surface area contributed by atoms with Crippen molar-refractivity contribution < 1.29 is 23.5 Å². The summed E-state index contributed by atoms with van der Waals surface area (Å²) in [5.41, 5.74) is 1.34. The fourth-order valence-electron chi connectivity index (χ4n) is 2.19. The van der Waals surface area contributed by atoms with E-state index >= 15 is 0 Å². The van der Waals surface area contributed by atoms with E-state index < -0.39 is 23.2 Å². The third-order valence-corrected chi connectivity index (χ3v) is 3.74. The number of amides is 2. The number of hydrogen-bond donors (Lipinski definition) is 2. The first-order valence-electron chi connectivity index (χ1n) is 7.93. The standard InChI is InChI=1S/C17H22ClFN2O4/c1-4-7-25-17(24)21-15(16(18)23)6-5-12-8-13(20-11(3)22)9-14(19)10(12)2/h8-9,15H,4-7H2,1-3H3,(H,20,22)(H,21,24)/t15-/m0/s1. The van der Waals surface area contributed by atoms with Crippen LogP contribution in [0.25, 0.3) is 0 Å². The van der Waals surface area contributed by atoms with Gasteiger partial charge < -0.3 is 15.4 Å². The molecule has 0 aromatic heterocycles. The molecule has 0 aliphatic heterocycles. The number of aryl methyl sites for hydroxylation is 1. The van der Waals surface area contributed by atoms with Gasteiger partial charge in [-0.05, 0) is 61.0 Å². The van der Waals surface area contributed by atoms with Gasteiger partial charge in [-0.2, -0.15) is 0 Å². The molecule has 0 saturated carbocycles. The van der Waals surface area contributed by atoms with Gasteiger partial charge in [0.15, 0.2) is 0 Å². The molecule has 0 unspecified atom stereocenters. The number of nitrogens with one attached hydrogen (secondary N) is 2. The number of hydrogen-bond acceptors (Lipinski definition) is 4. The van der Waals surface area contributed by atoms with Crippen LogP contribution in [-0.4, -0.2) is 29.9 Å². The van der Waals surface area contributed by atoms with E-state index in [9.17, 15) is 18.8 Å². The van der Waals surface area contributed by atoms with E-state index in [1.165, 1.54) is 13.0 Å². The first-order chi connectivity index (χ1) is 11.7. The predicted octanol–water partition coefficient (Wildman–Crippen LogP) is 3.30. The summed E-state index contributed by atoms with van der Waals surface area (Å²) < 4.78 is 18.8. The van der Waals surface area contributed by atoms with Crippen LogP contribution in [0.1, 0.15) is 37.8 Å². The van der Waals surface area contributed by atoms with E-state index in [4.69, 9.17) is 16.3 Å². The lowest BCUT2D eigenvalue weighted by molar-refractivity contribution is -0.114. The van der Waals surface area contributed by atoms with Gasteiger partial charge in [0, 0.05) is 12.6 Å². The van der Waals surface area contributed by atoms with E-state index in [1.807, 2.05) is 6.92 Å². The van der Waals surface area contributed by atoms with Crippen molar-refractivity contribution in [2.45, 2.75) is 46.1 Å². The smallest absolute Gasteiger partial charge is 0.407 e. The molecule has 0 aliphatic carbocycles. The Kier molecular flexibility index (Phi) is 8.34. The van der Waals surface area contributed by atoms with Crippen LogP contribution >= 0.6 is 11.6 Å². The summed E-state index contributed by atoms with van der Waals surface area (Å²) in [5, 5.41) is 4.18. The summed E-state index contributed by atoms with van der Waals surface area (Å²) in [7, 11) is 0. The Morgan fingerprint density at radius 1 is 1.32 bits per heavy atom. The molecular formula is C17H22ClFN2O4. The van der Waals surface area contributed by atoms with Crippen LogP contribution in [0.2, 0.25) is 0 Å². The molecule has 0 bridgehead atoms. The maximum atomic E-state index is 14.0. The summed E-state index contributed by atoms with van der Waals surface area (Å²) >= 11 is 5.52. The topological polar surface area (TPSA) is 84.5 Å². The fourth-order valence-corrected chi connectivity index (χ4v) is 2.36. The van der Waals surface area contributed by atoms with Gasteiger partial charge in [-0.3, -0.25) is 9.59 Å². The zero-order chi connectivity index (χ0) is 19.0. The van der Waals surface area contributed by atoms with E-state index in [0.717, 1.165) is 0 Å². The molecule has 8 heteroatoms. The molecule has 138 valence electrons. The Bertz CT molecular complexity index is 652. The van der Waals surface area contributed by atoms with Gasteiger partial charge in [-0.15, -0.1) is 0 Å². The third-order valence-electron chi connectivity index (χ3n) is 3.48. The molecule has 2 N–H and O–H groups in total. The van der Waals surface area contributed by atoms with Crippen molar-refractivity contribution in [2.24, 2.45) is 0 Å². The Labute approximate surface area is 151 Å². The number of anilines is 1. The summed E-state index contributed by atoms with van der Waals surface area (Å²) in [4.78, 5) is 34.2. The van der Waals surface area contributed by atoms with Crippen LogP contribution in [0.15, 0.2) is 12.1 Å². The van der Waals surface area contributed by atoms with Crippen molar-refractivity contribution in [3.05, 3.63) is 29.1 Å². The average Bonchev–Trinajstić information content (AvgIpc) is 2.52. The van der Waals surface area contributed by atoms with Crippen LogP contribution in [0, 0.1) is 12.7 Å². The predicted molar refractivity (Wildman–Crippen MR) is 93.2 cm³/mol. The van der Waals surface area contributed by atoms with Gasteiger partial charge in [0.2, 0.25) is 11.1 Å². The molecule has 0 heterocycles. The molecule has 1 rings (SSSR count). The Hall–Kier alpha value is -2.15. The maximum absolute atomic E-state index is 14.0. The van der Waals surface area contributed by atoms with Crippen molar-refractivity contribution in [3.8, 4) is 0 Å². The number of halogens is 2. The fraction of sp³-hybridized carbons (Fsp3) is 0.471. The van der Waals surface area contributed by atoms with Crippen molar-refractivity contribution in [1.29, 1.82) is 0 Å². The van der Waals surface area contributed by atoms with Crippen LogP contribution in [0.4, 0.5) is 14.9 Å². The van der Waals surface area contributed by atoms with Gasteiger partial charge in [-0.1, -0.05) is 6.92 Å². The first-order valence-corrected chi connectivity index (χ1v) is 8.31. The molecule has 1 aromatic carbocycles. The zero-order valence-electron chi connectivity index (χ0n) is 14.4. The molecule has 0 fully saturated rings.